The second-order valence-corrected chi connectivity index (χ2v) is 16.0. The minimum atomic E-state index is 0.125. The van der Waals surface area contributed by atoms with Gasteiger partial charge in [-0.2, -0.15) is 0 Å². The van der Waals surface area contributed by atoms with Crippen molar-refractivity contribution in [2.24, 2.45) is 0 Å². The summed E-state index contributed by atoms with van der Waals surface area (Å²) < 4.78 is 2.69. The molecule has 1 heterocycles. The van der Waals surface area contributed by atoms with Gasteiger partial charge in [0, 0.05) is 31.5 Å². The van der Waals surface area contributed by atoms with Crippen molar-refractivity contribution in [3.63, 3.8) is 0 Å². The maximum absolute atomic E-state index is 2.59. The lowest BCUT2D eigenvalue weighted by Crippen LogP contribution is -2.33. The summed E-state index contributed by atoms with van der Waals surface area (Å²) in [6.45, 7) is 0. The molecule has 1 fully saturated rings. The SMILES string of the molecule is C1=CCC(N(c2ccc(-c3ccccc3)cc2)c2ccc(-c3cccc4c3sc3ccccc34)cc2)C(c2cccc3cccc(C4CCCCC4)c23)=C1. The van der Waals surface area contributed by atoms with Gasteiger partial charge in [0.15, 0.2) is 0 Å². The van der Waals surface area contributed by atoms with Crippen LogP contribution in [0.4, 0.5) is 11.4 Å². The smallest absolute Gasteiger partial charge is 0.0632 e. The zero-order valence-corrected chi connectivity index (χ0v) is 31.3. The Labute approximate surface area is 322 Å². The van der Waals surface area contributed by atoms with Gasteiger partial charge in [0.05, 0.1) is 6.04 Å². The van der Waals surface area contributed by atoms with Crippen molar-refractivity contribution >= 4 is 59.2 Å². The first-order valence-electron chi connectivity index (χ1n) is 19.6. The predicted octanol–water partition coefficient (Wildman–Crippen LogP) is 15.1. The average molecular weight is 714 g/mol. The molecule has 2 aliphatic rings. The van der Waals surface area contributed by atoms with Gasteiger partial charge in [-0.25, -0.2) is 0 Å². The van der Waals surface area contributed by atoms with Crippen LogP contribution in [-0.2, 0) is 0 Å². The standard InChI is InChI=1S/C52H43NS/c1-3-14-36(15-4-1)37-28-32-41(33-29-37)53(42-34-30-39(31-35-42)44-23-13-25-48-46-21-8-10-27-50(46)54-52(44)48)49-26-9-7-20-45(49)47-24-12-19-40-18-11-22-43(51(40)47)38-16-5-2-6-17-38/h1,3-4,7-15,18-25,27-35,38,49H,2,5-6,16-17,26H2. The second-order valence-electron chi connectivity index (χ2n) is 15.0. The monoisotopic (exact) mass is 713 g/mol. The van der Waals surface area contributed by atoms with Gasteiger partial charge in [0.1, 0.15) is 0 Å². The Balaban J connectivity index is 1.10. The Hall–Kier alpha value is -5.70. The van der Waals surface area contributed by atoms with Crippen LogP contribution in [0.3, 0.4) is 0 Å². The Morgan fingerprint density at radius 3 is 1.96 bits per heavy atom. The molecular weight excluding hydrogens is 671 g/mol. The molecule has 1 aromatic heterocycles. The zero-order valence-electron chi connectivity index (χ0n) is 30.5. The molecule has 8 aromatic rings. The minimum absolute atomic E-state index is 0.125. The van der Waals surface area contributed by atoms with Crippen molar-refractivity contribution in [1.82, 2.24) is 0 Å². The fraction of sp³-hybridized carbons (Fsp3) is 0.154. The molecule has 0 amide bonds. The largest absolute Gasteiger partial charge is 0.334 e. The highest BCUT2D eigenvalue weighted by Gasteiger charge is 2.29. The van der Waals surface area contributed by atoms with E-state index in [0.29, 0.717) is 5.92 Å². The number of allylic oxidation sites excluding steroid dienone is 2. The number of hydrogen-bond donors (Lipinski definition) is 0. The molecule has 2 aliphatic carbocycles. The minimum Gasteiger partial charge on any atom is -0.334 e. The van der Waals surface area contributed by atoms with E-state index in [1.165, 1.54) is 113 Å². The molecule has 1 saturated carbocycles. The maximum Gasteiger partial charge on any atom is 0.0632 e. The van der Waals surface area contributed by atoms with Crippen LogP contribution in [0.2, 0.25) is 0 Å². The molecule has 0 saturated heterocycles. The van der Waals surface area contributed by atoms with Crippen molar-refractivity contribution in [3.05, 3.63) is 187 Å². The van der Waals surface area contributed by atoms with Crippen molar-refractivity contribution < 1.29 is 0 Å². The van der Waals surface area contributed by atoms with E-state index in [9.17, 15) is 0 Å². The summed E-state index contributed by atoms with van der Waals surface area (Å²) in [5, 5.41) is 5.47. The van der Waals surface area contributed by atoms with Crippen molar-refractivity contribution in [1.29, 1.82) is 0 Å². The highest BCUT2D eigenvalue weighted by atomic mass is 32.1. The summed E-state index contributed by atoms with van der Waals surface area (Å²) in [4.78, 5) is 2.59. The van der Waals surface area contributed by atoms with Gasteiger partial charge in [0.25, 0.3) is 0 Å². The van der Waals surface area contributed by atoms with E-state index < -0.39 is 0 Å². The molecule has 0 aliphatic heterocycles. The van der Waals surface area contributed by atoms with Gasteiger partial charge in [-0.15, -0.1) is 11.3 Å². The van der Waals surface area contributed by atoms with Gasteiger partial charge in [-0.3, -0.25) is 0 Å². The van der Waals surface area contributed by atoms with Gasteiger partial charge in [0.2, 0.25) is 0 Å². The van der Waals surface area contributed by atoms with Gasteiger partial charge in [-0.1, -0.05) is 165 Å². The first kappa shape index (κ1) is 32.9. The van der Waals surface area contributed by atoms with E-state index in [4.69, 9.17) is 0 Å². The first-order chi connectivity index (χ1) is 26.8. The molecule has 54 heavy (non-hydrogen) atoms. The number of benzene rings is 7. The average Bonchev–Trinajstić information content (AvgIpc) is 3.64. The lowest BCUT2D eigenvalue weighted by molar-refractivity contribution is 0.445. The molecule has 7 aromatic carbocycles. The Bertz CT molecular complexity index is 2650. The number of anilines is 2. The Kier molecular flexibility index (Phi) is 8.70. The van der Waals surface area contributed by atoms with Crippen LogP contribution < -0.4 is 4.90 Å². The van der Waals surface area contributed by atoms with Crippen LogP contribution in [-0.4, -0.2) is 6.04 Å². The number of fused-ring (bicyclic) bond motifs is 4. The summed E-state index contributed by atoms with van der Waals surface area (Å²) >= 11 is 1.90. The van der Waals surface area contributed by atoms with Gasteiger partial charge < -0.3 is 4.90 Å². The summed E-state index contributed by atoms with van der Waals surface area (Å²) in [5.74, 6) is 0.626. The molecule has 0 N–H and O–H groups in total. The predicted molar refractivity (Wildman–Crippen MR) is 234 cm³/mol. The third-order valence-corrected chi connectivity index (χ3v) is 13.1. The van der Waals surface area contributed by atoms with E-state index in [-0.39, 0.29) is 6.04 Å². The molecule has 1 atom stereocenters. The first-order valence-corrected chi connectivity index (χ1v) is 20.5. The van der Waals surface area contributed by atoms with Crippen LogP contribution in [0.1, 0.15) is 55.6 Å². The fourth-order valence-electron chi connectivity index (χ4n) is 9.23. The van der Waals surface area contributed by atoms with Crippen LogP contribution >= 0.6 is 11.3 Å². The van der Waals surface area contributed by atoms with Crippen LogP contribution in [0.25, 0.3) is 58.8 Å². The van der Waals surface area contributed by atoms with Crippen molar-refractivity contribution in [2.45, 2.75) is 50.5 Å². The third-order valence-electron chi connectivity index (χ3n) is 11.8. The molecule has 0 spiro atoms. The molecular formula is C52H43NS. The maximum atomic E-state index is 2.59. The van der Waals surface area contributed by atoms with E-state index in [1.54, 1.807) is 0 Å². The Morgan fingerprint density at radius 1 is 0.519 bits per heavy atom. The topological polar surface area (TPSA) is 3.24 Å². The van der Waals surface area contributed by atoms with Gasteiger partial charge >= 0.3 is 0 Å². The molecule has 1 nitrogen and oxygen atoms in total. The molecule has 10 rings (SSSR count). The van der Waals surface area contributed by atoms with E-state index in [0.717, 1.165) is 6.42 Å². The molecule has 0 bridgehead atoms. The second kappa shape index (κ2) is 14.3. The van der Waals surface area contributed by atoms with Crippen molar-refractivity contribution in [2.75, 3.05) is 4.90 Å². The summed E-state index contributed by atoms with van der Waals surface area (Å²) in [6.07, 6.45) is 14.5. The van der Waals surface area contributed by atoms with Crippen LogP contribution in [0.15, 0.2) is 176 Å². The summed E-state index contributed by atoms with van der Waals surface area (Å²) in [6, 6.07) is 58.9. The lowest BCUT2D eigenvalue weighted by Gasteiger charge is -2.37. The van der Waals surface area contributed by atoms with Crippen LogP contribution in [0, 0.1) is 0 Å². The number of nitrogens with zero attached hydrogens (tertiary/aromatic N) is 1. The summed E-state index contributed by atoms with van der Waals surface area (Å²) in [5.41, 5.74) is 11.7. The summed E-state index contributed by atoms with van der Waals surface area (Å²) in [7, 11) is 0. The lowest BCUT2D eigenvalue weighted by atomic mass is 9.79. The fourth-order valence-corrected chi connectivity index (χ4v) is 10.5. The van der Waals surface area contributed by atoms with Crippen molar-refractivity contribution in [3.8, 4) is 22.3 Å². The normalized spacial score (nSPS) is 16.2. The van der Waals surface area contributed by atoms with E-state index in [1.807, 2.05) is 11.3 Å². The third kappa shape index (κ3) is 5.96. The van der Waals surface area contributed by atoms with Crippen LogP contribution in [0.5, 0.6) is 0 Å². The zero-order chi connectivity index (χ0) is 35.8. The highest BCUT2D eigenvalue weighted by molar-refractivity contribution is 7.26. The van der Waals surface area contributed by atoms with E-state index in [2.05, 4.69) is 181 Å². The van der Waals surface area contributed by atoms with E-state index >= 15 is 0 Å². The van der Waals surface area contributed by atoms with Gasteiger partial charge in [-0.05, 0) is 105 Å². The Morgan fingerprint density at radius 2 is 1.17 bits per heavy atom. The molecule has 262 valence electrons. The number of thiophene rings is 1. The molecule has 1 unspecified atom stereocenters. The molecule has 2 heteroatoms. The molecule has 0 radical (unpaired) electrons. The quantitative estimate of drug-likeness (QED) is 0.159. The highest BCUT2D eigenvalue weighted by Crippen LogP contribution is 2.45. The number of rotatable bonds is 7. The number of hydrogen-bond acceptors (Lipinski definition) is 2.